The lowest BCUT2D eigenvalue weighted by molar-refractivity contribution is 0.0709. The van der Waals surface area contributed by atoms with Crippen LogP contribution in [0.2, 0.25) is 0 Å². The van der Waals surface area contributed by atoms with Gasteiger partial charge in [-0.15, -0.1) is 5.48 Å². The molecule has 324 valence electrons. The molecule has 3 aromatic carbocycles. The summed E-state index contributed by atoms with van der Waals surface area (Å²) in [7, 11) is 0. The van der Waals surface area contributed by atoms with Crippen molar-refractivity contribution in [2.75, 3.05) is 6.54 Å². The molecule has 2 fully saturated rings. The summed E-state index contributed by atoms with van der Waals surface area (Å²) in [5.74, 6) is 0.0276. The lowest BCUT2D eigenvalue weighted by Crippen LogP contribution is -2.49. The Morgan fingerprint density at radius 1 is 0.969 bits per heavy atom. The van der Waals surface area contributed by atoms with Gasteiger partial charge in [0.25, 0.3) is 5.91 Å². The third-order valence-electron chi connectivity index (χ3n) is 13.7. The van der Waals surface area contributed by atoms with Crippen LogP contribution in [-0.4, -0.2) is 68.3 Å². The van der Waals surface area contributed by atoms with Crippen LogP contribution in [0.4, 0.5) is 9.18 Å². The van der Waals surface area contributed by atoms with Crippen molar-refractivity contribution in [3.05, 3.63) is 141 Å². The fraction of sp³-hybridized carbons (Fsp3) is 0.292. The number of amides is 2. The largest absolute Gasteiger partial charge is 0.427 e. The van der Waals surface area contributed by atoms with E-state index in [0.717, 1.165) is 62.0 Å². The van der Waals surface area contributed by atoms with Gasteiger partial charge in [-0.2, -0.15) is 10.2 Å². The zero-order valence-electron chi connectivity index (χ0n) is 36.3. The average molecular weight is 860 g/mol. The quantitative estimate of drug-likeness (QED) is 0.145. The molecule has 5 aromatic heterocycles. The first-order chi connectivity index (χ1) is 30.9. The maximum atomic E-state index is 15.4. The number of aromatic amines is 1. The van der Waals surface area contributed by atoms with Gasteiger partial charge in [0.1, 0.15) is 23.5 Å². The summed E-state index contributed by atoms with van der Waals surface area (Å²) < 4.78 is 22.0. The van der Waals surface area contributed by atoms with E-state index in [1.807, 2.05) is 43.5 Å². The zero-order chi connectivity index (χ0) is 44.3. The first-order valence-corrected chi connectivity index (χ1v) is 21.6. The van der Waals surface area contributed by atoms with Gasteiger partial charge < -0.3 is 14.3 Å². The first-order valence-electron chi connectivity index (χ1n) is 21.6. The van der Waals surface area contributed by atoms with Crippen LogP contribution in [0.25, 0.3) is 50.1 Å². The Morgan fingerprint density at radius 2 is 1.75 bits per heavy atom. The summed E-state index contributed by atoms with van der Waals surface area (Å²) >= 11 is 0. The highest BCUT2D eigenvalue weighted by atomic mass is 19.1. The molecule has 15 nitrogen and oxygen atoms in total. The van der Waals surface area contributed by atoms with Gasteiger partial charge in [0, 0.05) is 64.8 Å². The molecule has 8 aromatic rings. The molecule has 0 bridgehead atoms. The standard InChI is InChI=1S/C48H46FN11O4/c1-7-37-28(5)34(12-14-50-37)30-8-11-40-31(20-30)21-41(59(40)48(23-27(48)4)45-51-46(62)64-55-45)44(61)56-15-13-38-36(24-56)43(60(54-38)33-18-25(2)42(49)26(3)19-33)58-17-16-57(47(58)63)32-9-10-35-29(6)52-53-39(35)22-32/h8-12,14,16-22,27,45,55H,7,13,15,23-24H2,1-6H3,(H,51,62)(H,52,53)/t27-,45?,48-/m0/s1. The van der Waals surface area contributed by atoms with Gasteiger partial charge in [0.05, 0.1) is 34.7 Å². The van der Waals surface area contributed by atoms with Crippen molar-refractivity contribution < 1.29 is 18.8 Å². The molecule has 7 heterocycles. The lowest BCUT2D eigenvalue weighted by Gasteiger charge is -2.31. The maximum absolute atomic E-state index is 15.4. The number of nitrogens with one attached hydrogen (secondary N) is 3. The van der Waals surface area contributed by atoms with Crippen LogP contribution < -0.4 is 16.5 Å². The predicted octanol–water partition coefficient (Wildman–Crippen LogP) is 7.15. The molecule has 1 saturated heterocycles. The van der Waals surface area contributed by atoms with Crippen LogP contribution in [0.3, 0.4) is 0 Å². The zero-order valence-corrected chi connectivity index (χ0v) is 36.3. The van der Waals surface area contributed by atoms with Crippen molar-refractivity contribution in [1.29, 1.82) is 0 Å². The van der Waals surface area contributed by atoms with Crippen molar-refractivity contribution >= 4 is 33.8 Å². The second-order valence-electron chi connectivity index (χ2n) is 17.5. The van der Waals surface area contributed by atoms with Crippen molar-refractivity contribution in [2.24, 2.45) is 5.92 Å². The van der Waals surface area contributed by atoms with E-state index in [1.165, 1.54) is 0 Å². The van der Waals surface area contributed by atoms with E-state index in [1.54, 1.807) is 57.1 Å². The minimum Gasteiger partial charge on any atom is -0.352 e. The number of hydrogen-bond acceptors (Lipinski definition) is 8. The third kappa shape index (κ3) is 5.88. The molecule has 3 aliphatic rings. The third-order valence-corrected chi connectivity index (χ3v) is 13.7. The minimum atomic E-state index is -0.703. The lowest BCUT2D eigenvalue weighted by atomic mass is 9.98. The van der Waals surface area contributed by atoms with Crippen LogP contribution in [0, 0.1) is 39.4 Å². The number of fused-ring (bicyclic) bond motifs is 3. The SMILES string of the molecule is CCc1nccc(-c2ccc3c(c2)cc(C(=O)N2CCc4nn(-c5cc(C)c(F)c(C)c5)c(-n5ccn(-c6ccc7c(C)[nH]nc7c6)c5=O)c4C2)n3[C@@]2(C3NOC(=O)N3)C[C@@H]2C)c1C. The molecule has 1 unspecified atom stereocenters. The van der Waals surface area contributed by atoms with Gasteiger partial charge in [0.2, 0.25) is 0 Å². The molecule has 11 rings (SSSR count). The smallest absolute Gasteiger partial charge is 0.352 e. The van der Waals surface area contributed by atoms with Gasteiger partial charge in [-0.05, 0) is 129 Å². The predicted molar refractivity (Wildman–Crippen MR) is 238 cm³/mol. The van der Waals surface area contributed by atoms with E-state index in [4.69, 9.17) is 9.94 Å². The van der Waals surface area contributed by atoms with E-state index in [0.29, 0.717) is 59.0 Å². The van der Waals surface area contributed by atoms with Crippen molar-refractivity contribution in [3.63, 3.8) is 0 Å². The van der Waals surface area contributed by atoms with E-state index in [9.17, 15) is 9.59 Å². The topological polar surface area (TPSA) is 162 Å². The number of aryl methyl sites for hydroxylation is 4. The Hall–Kier alpha value is -7.33. The summed E-state index contributed by atoms with van der Waals surface area (Å²) in [5.41, 5.74) is 12.6. The maximum Gasteiger partial charge on any atom is 0.427 e. The minimum absolute atomic E-state index is 0.0810. The Labute approximate surface area is 366 Å². The molecule has 3 atom stereocenters. The molecule has 1 aliphatic carbocycles. The molecule has 16 heteroatoms. The van der Waals surface area contributed by atoms with Crippen LogP contribution in [0.5, 0.6) is 0 Å². The van der Waals surface area contributed by atoms with E-state index in [-0.39, 0.29) is 29.9 Å². The van der Waals surface area contributed by atoms with Crippen LogP contribution in [0.15, 0.2) is 84.0 Å². The van der Waals surface area contributed by atoms with Crippen LogP contribution in [-0.2, 0) is 29.8 Å². The molecule has 64 heavy (non-hydrogen) atoms. The summed E-state index contributed by atoms with van der Waals surface area (Å²) in [6, 6.07) is 19.4. The van der Waals surface area contributed by atoms with Gasteiger partial charge in [-0.1, -0.05) is 19.9 Å². The molecular weight excluding hydrogens is 814 g/mol. The fourth-order valence-corrected chi connectivity index (χ4v) is 10.2. The van der Waals surface area contributed by atoms with Gasteiger partial charge in [0.15, 0.2) is 0 Å². The summed E-state index contributed by atoms with van der Waals surface area (Å²) in [4.78, 5) is 54.0. The number of imidazole rings is 1. The molecule has 2 amide bonds. The fourth-order valence-electron chi connectivity index (χ4n) is 10.2. The summed E-state index contributed by atoms with van der Waals surface area (Å²) in [5, 5.41) is 17.3. The number of aromatic nitrogens is 8. The summed E-state index contributed by atoms with van der Waals surface area (Å²) in [6.45, 7) is 12.2. The highest BCUT2D eigenvalue weighted by molar-refractivity contribution is 6.00. The van der Waals surface area contributed by atoms with Crippen molar-refractivity contribution in [3.8, 4) is 28.3 Å². The van der Waals surface area contributed by atoms with Crippen LogP contribution >= 0.6 is 0 Å². The number of halogens is 1. The Morgan fingerprint density at radius 3 is 2.48 bits per heavy atom. The molecular formula is C48H46FN11O4. The normalized spacial score (nSPS) is 19.4. The Balaban J connectivity index is 1.04. The number of hydrogen-bond donors (Lipinski definition) is 3. The number of H-pyrrole nitrogens is 1. The number of pyridine rings is 1. The van der Waals surface area contributed by atoms with Gasteiger partial charge >= 0.3 is 11.8 Å². The molecule has 0 spiro atoms. The second kappa shape index (κ2) is 14.4. The average Bonchev–Trinajstić information content (AvgIpc) is 3.91. The second-order valence-corrected chi connectivity index (χ2v) is 17.5. The Kier molecular flexibility index (Phi) is 8.86. The van der Waals surface area contributed by atoms with Gasteiger partial charge in [-0.25, -0.2) is 18.7 Å². The van der Waals surface area contributed by atoms with E-state index in [2.05, 4.69) is 69.5 Å². The molecule has 1 saturated carbocycles. The van der Waals surface area contributed by atoms with E-state index < -0.39 is 17.8 Å². The number of rotatable bonds is 8. The number of hydroxylamine groups is 1. The molecule has 3 N–H and O–H groups in total. The number of nitrogens with zero attached hydrogens (tertiary/aromatic N) is 8. The highest BCUT2D eigenvalue weighted by Crippen LogP contribution is 2.55. The number of benzene rings is 3. The van der Waals surface area contributed by atoms with Gasteiger partial charge in [-0.3, -0.25) is 29.3 Å². The number of carbonyl (C=O) groups excluding carboxylic acids is 2. The van der Waals surface area contributed by atoms with Crippen LogP contribution in [0.1, 0.15) is 70.1 Å². The molecule has 2 aliphatic heterocycles. The molecule has 0 radical (unpaired) electrons. The highest BCUT2D eigenvalue weighted by Gasteiger charge is 2.62. The van der Waals surface area contributed by atoms with Crippen molar-refractivity contribution in [1.82, 2.24) is 54.4 Å². The first kappa shape index (κ1) is 39.5. The summed E-state index contributed by atoms with van der Waals surface area (Å²) in [6.07, 6.45) is 5.99. The van der Waals surface area contributed by atoms with Crippen molar-refractivity contribution in [2.45, 2.75) is 79.1 Å². The number of carbonyl (C=O) groups is 2. The monoisotopic (exact) mass is 859 g/mol. The Bertz CT molecular complexity index is 3310. The van der Waals surface area contributed by atoms with E-state index >= 15 is 9.18 Å².